The van der Waals surface area contributed by atoms with Crippen LogP contribution in [0.3, 0.4) is 0 Å². The first-order valence-electron chi connectivity index (χ1n) is 43.5. The second-order valence-corrected chi connectivity index (χ2v) is 33.6. The van der Waals surface area contributed by atoms with Crippen LogP contribution in [-0.4, -0.2) is 133 Å². The Bertz CT molecular complexity index is 6690. The minimum Gasteiger partial charge on any atom is -0.503 e. The first-order valence-corrected chi connectivity index (χ1v) is 43.5. The van der Waals surface area contributed by atoms with Crippen LogP contribution >= 0.6 is 0 Å². The number of carbonyl (C=O) groups is 1. The second-order valence-electron chi connectivity index (χ2n) is 33.6. The van der Waals surface area contributed by atoms with Crippen molar-refractivity contribution in [3.8, 4) is 46.6 Å². The number of nitriles is 2. The number of hydrogen-bond acceptors (Lipinski definition) is 21. The molecule has 7 N–H and O–H groups in total. The van der Waals surface area contributed by atoms with Gasteiger partial charge in [0.15, 0.2) is 34.5 Å². The molecule has 132 heavy (non-hydrogen) atoms. The number of amides is 1. The fourth-order valence-corrected chi connectivity index (χ4v) is 17.2. The summed E-state index contributed by atoms with van der Waals surface area (Å²) in [7, 11) is 0. The smallest absolute Gasteiger partial charge is 0.223 e. The predicted molar refractivity (Wildman–Crippen MR) is 489 cm³/mol. The van der Waals surface area contributed by atoms with E-state index in [0.29, 0.717) is 87.7 Å². The summed E-state index contributed by atoms with van der Waals surface area (Å²) in [6.07, 6.45) is 8.93. The molecule has 686 valence electrons. The SMILES string of the molecule is CC(=O)Nc1cccc(C(C)N2CCn3cc(O)c(=O)cc3C2)c1.CC(c1cc(F)ccc1F)N1CCn2cc(O)c(=O)cc2C1.CC(c1ccc(C#N)cc1)N1CCn2cc(O)c(=O)cc2C1.CC(c1ccc(F)cc1)N1CCn2cc(O)c(=O)cc2C1.CC(c1cccc(C#N)c1)N1CCn2cc(O)c(=O)cc2C1.CC(c1ccccc1F)N1CCn2cc(O)c(=O)cc2C1. The van der Waals surface area contributed by atoms with E-state index < -0.39 is 17.1 Å². The fourth-order valence-electron chi connectivity index (χ4n) is 17.2. The summed E-state index contributed by atoms with van der Waals surface area (Å²) in [5.74, 6) is -2.77. The quantitative estimate of drug-likeness (QED) is 0.0527. The summed E-state index contributed by atoms with van der Waals surface area (Å²) in [4.78, 5) is 93.9. The highest BCUT2D eigenvalue weighted by Crippen LogP contribution is 2.34. The van der Waals surface area contributed by atoms with Crippen molar-refractivity contribution in [1.29, 1.82) is 10.5 Å². The van der Waals surface area contributed by atoms with Crippen molar-refractivity contribution in [2.24, 2.45) is 0 Å². The molecule has 1 amide bonds. The monoisotopic (exact) mass is 1800 g/mol. The summed E-state index contributed by atoms with van der Waals surface area (Å²) >= 11 is 0. The number of aromatic hydroxyl groups is 6. The van der Waals surface area contributed by atoms with Crippen LogP contribution in [0.25, 0.3) is 0 Å². The van der Waals surface area contributed by atoms with E-state index in [1.807, 2.05) is 119 Å². The van der Waals surface area contributed by atoms with Gasteiger partial charge in [-0.3, -0.25) is 63.0 Å². The maximum Gasteiger partial charge on any atom is 0.223 e. The second kappa shape index (κ2) is 42.5. The van der Waals surface area contributed by atoms with Gasteiger partial charge in [0.05, 0.1) is 60.4 Å². The molecule has 12 aromatic rings. The Balaban J connectivity index is 0.000000135. The first-order chi connectivity index (χ1) is 63.1. The van der Waals surface area contributed by atoms with Crippen molar-refractivity contribution in [2.45, 2.75) is 163 Å². The molecular weight excluding hydrogens is 1700 g/mol. The molecule has 0 saturated heterocycles. The van der Waals surface area contributed by atoms with Crippen molar-refractivity contribution < 1.29 is 53.0 Å². The standard InChI is InChI=1S/C18H21N3O3.2C17H17N3O2.C16H16F2N2O2.2C16H17FN2O2/c1-12(14-4-3-5-15(8-14)19-13(2)22)20-6-7-21-11-18(24)17(23)9-16(21)10-20;1-12(14-4-2-13(9-18)3-5-14)19-6-7-20-11-17(22)16(21)8-15(20)10-19;1-12(14-4-2-3-13(7-14)9-18)19-5-6-20-11-17(22)16(21)8-15(20)10-19;1-10(13-6-11(17)2-3-14(13)18)19-4-5-20-9-16(22)15(21)7-12(20)8-19;1-11(12-2-4-13(17)5-3-12)18-6-7-19-10-16(21)15(20)8-14(19)9-18;1-11(13-4-2-3-5-14(13)17)18-6-7-19-10-16(21)15(20)8-12(19)9-18/h3-5,8-9,11-12,24H,6-7,10H2,1-2H3,(H,19,22);2-5,8,11-12,22H,6-7,10H2,1H3;2-4,7-8,11-12,22H,5-6,10H2,1H3;2-3,6-7,9-10,22H,4-5,8H2,1H3;2*2-5,8,10-11,21H,6-7,9H2,1H3. The van der Waals surface area contributed by atoms with Gasteiger partial charge in [-0.25, -0.2) is 17.6 Å². The van der Waals surface area contributed by atoms with Crippen LogP contribution in [0, 0.1) is 45.9 Å². The summed E-state index contributed by atoms with van der Waals surface area (Å²) < 4.78 is 65.5. The molecule has 6 aliphatic rings. The molecule has 18 rings (SSSR count). The zero-order chi connectivity index (χ0) is 94.5. The molecule has 6 unspecified atom stereocenters. The molecule has 12 heterocycles. The number of benzene rings is 6. The minimum absolute atomic E-state index is 0.0659. The van der Waals surface area contributed by atoms with Gasteiger partial charge in [-0.1, -0.05) is 66.7 Å². The number of halogens is 4. The lowest BCUT2D eigenvalue weighted by molar-refractivity contribution is -0.114. The molecular formula is C100H105F4N15O13. The lowest BCUT2D eigenvalue weighted by Crippen LogP contribution is -2.37. The number of rotatable bonds is 13. The molecule has 28 nitrogen and oxygen atoms in total. The molecule has 6 aromatic carbocycles. The first kappa shape index (κ1) is 95.3. The maximum absolute atomic E-state index is 13.9. The van der Waals surface area contributed by atoms with Gasteiger partial charge in [-0.15, -0.1) is 0 Å². The average molecular weight is 1800 g/mol. The molecule has 0 aliphatic carbocycles. The number of fused-ring (bicyclic) bond motifs is 6. The van der Waals surface area contributed by atoms with Gasteiger partial charge in [0.25, 0.3) is 0 Å². The van der Waals surface area contributed by atoms with Gasteiger partial charge in [0.1, 0.15) is 23.3 Å². The maximum atomic E-state index is 13.9. The third kappa shape index (κ3) is 23.3. The highest BCUT2D eigenvalue weighted by atomic mass is 19.1. The van der Waals surface area contributed by atoms with E-state index >= 15 is 0 Å². The minimum atomic E-state index is -0.471. The van der Waals surface area contributed by atoms with Crippen LogP contribution in [0.2, 0.25) is 0 Å². The molecule has 6 aliphatic heterocycles. The van der Waals surface area contributed by atoms with Gasteiger partial charge < -0.3 is 63.4 Å². The van der Waals surface area contributed by atoms with Crippen molar-refractivity contribution >= 4 is 11.6 Å². The zero-order valence-corrected chi connectivity index (χ0v) is 74.2. The summed E-state index contributed by atoms with van der Waals surface area (Å²) in [6.45, 7) is 26.1. The van der Waals surface area contributed by atoms with E-state index in [9.17, 15) is 81.8 Å². The van der Waals surface area contributed by atoms with Crippen LogP contribution in [-0.2, 0) is 83.3 Å². The zero-order valence-electron chi connectivity index (χ0n) is 74.2. The Hall–Kier alpha value is -14.3. The van der Waals surface area contributed by atoms with Gasteiger partial charge in [0, 0.05) is 248 Å². The normalized spacial score (nSPS) is 16.1. The molecule has 0 saturated carbocycles. The molecule has 0 fully saturated rings. The number of hydrogen-bond donors (Lipinski definition) is 7. The number of nitrogens with one attached hydrogen (secondary N) is 1. The number of pyridine rings is 6. The number of aromatic nitrogens is 6. The lowest BCUT2D eigenvalue weighted by Gasteiger charge is -2.35. The van der Waals surface area contributed by atoms with Crippen LogP contribution in [0.1, 0.15) is 163 Å². The molecule has 0 radical (unpaired) electrons. The van der Waals surface area contributed by atoms with Crippen molar-refractivity contribution in [1.82, 2.24) is 56.8 Å². The van der Waals surface area contributed by atoms with E-state index in [1.165, 1.54) is 105 Å². The highest BCUT2D eigenvalue weighted by molar-refractivity contribution is 5.88. The number of nitrogens with zero attached hydrogens (tertiary/aromatic N) is 14. The van der Waals surface area contributed by atoms with Crippen LogP contribution in [0.5, 0.6) is 34.5 Å². The summed E-state index contributed by atoms with van der Waals surface area (Å²) in [6, 6.07) is 53.1. The largest absolute Gasteiger partial charge is 0.503 e. The van der Waals surface area contributed by atoms with E-state index in [2.05, 4.69) is 69.6 Å². The van der Waals surface area contributed by atoms with Gasteiger partial charge in [0.2, 0.25) is 38.5 Å². The predicted octanol–water partition coefficient (Wildman–Crippen LogP) is 13.0. The summed E-state index contributed by atoms with van der Waals surface area (Å²) in [5.41, 5.74) is 10.5. The van der Waals surface area contributed by atoms with Crippen molar-refractivity contribution in [3.63, 3.8) is 0 Å². The highest BCUT2D eigenvalue weighted by Gasteiger charge is 2.31. The van der Waals surface area contributed by atoms with E-state index in [0.717, 1.165) is 127 Å². The van der Waals surface area contributed by atoms with Crippen LogP contribution < -0.4 is 37.9 Å². The van der Waals surface area contributed by atoms with E-state index in [4.69, 9.17) is 10.5 Å². The van der Waals surface area contributed by atoms with Crippen molar-refractivity contribution in [2.75, 3.05) is 44.6 Å². The molecule has 0 bridgehead atoms. The molecule has 6 atom stereocenters. The average Bonchev–Trinajstić information content (AvgIpc) is 0.877. The van der Waals surface area contributed by atoms with Gasteiger partial charge in [-0.2, -0.15) is 10.5 Å². The Kier molecular flexibility index (Phi) is 30.7. The Labute approximate surface area is 758 Å². The lowest BCUT2D eigenvalue weighted by atomic mass is 10.0. The van der Waals surface area contributed by atoms with Crippen LogP contribution in [0.15, 0.2) is 242 Å². The third-order valence-electron chi connectivity index (χ3n) is 25.3. The van der Waals surface area contributed by atoms with E-state index in [1.54, 1.807) is 30.3 Å². The Morgan fingerprint density at radius 2 is 0.606 bits per heavy atom. The topological polar surface area (TPSA) is 350 Å². The van der Waals surface area contributed by atoms with Crippen molar-refractivity contribution in [3.05, 3.63) is 376 Å². The molecule has 0 spiro atoms. The molecule has 6 aromatic heterocycles. The third-order valence-corrected chi connectivity index (χ3v) is 25.3. The Morgan fingerprint density at radius 3 is 0.947 bits per heavy atom. The van der Waals surface area contributed by atoms with Crippen LogP contribution in [0.4, 0.5) is 23.2 Å². The number of anilines is 1. The van der Waals surface area contributed by atoms with E-state index in [-0.39, 0.29) is 115 Å². The number of carbonyl (C=O) groups excluding carboxylic acids is 1. The fraction of sp³-hybridized carbons (Fsp3) is 0.310. The molecule has 32 heteroatoms. The summed E-state index contributed by atoms with van der Waals surface area (Å²) in [5, 5.41) is 77.6. The van der Waals surface area contributed by atoms with Gasteiger partial charge >= 0.3 is 0 Å². The van der Waals surface area contributed by atoms with Gasteiger partial charge in [-0.05, 0) is 137 Å². The Morgan fingerprint density at radius 1 is 0.311 bits per heavy atom.